The molecule has 1 saturated carbocycles. The van der Waals surface area contributed by atoms with Crippen LogP contribution in [-0.4, -0.2) is 138 Å². The first-order valence-electron chi connectivity index (χ1n) is 31.6. The smallest absolute Gasteiger partial charge is 0.416 e. The van der Waals surface area contributed by atoms with Gasteiger partial charge in [-0.05, 0) is 120 Å². The number of imide groups is 1. The van der Waals surface area contributed by atoms with Gasteiger partial charge in [0.05, 0.1) is 67.9 Å². The van der Waals surface area contributed by atoms with Gasteiger partial charge in [-0.2, -0.15) is 0 Å². The molecule has 8 amide bonds. The van der Waals surface area contributed by atoms with E-state index < -0.39 is 48.2 Å². The molecule has 5 heterocycles. The Kier molecular flexibility index (Phi) is 21.8. The summed E-state index contributed by atoms with van der Waals surface area (Å²) in [6, 6.07) is 10.1. The van der Waals surface area contributed by atoms with Crippen LogP contribution in [0.4, 0.5) is 21.9 Å². The van der Waals surface area contributed by atoms with Crippen molar-refractivity contribution in [3.05, 3.63) is 88.8 Å². The molecule has 0 bridgehead atoms. The molecular formula is C67H86N8O14. The quantitative estimate of drug-likeness (QED) is 0.0455. The van der Waals surface area contributed by atoms with Crippen LogP contribution >= 0.6 is 0 Å². The summed E-state index contributed by atoms with van der Waals surface area (Å²) in [7, 11) is 2.97. The number of methoxy groups -OCH3 is 2. The lowest BCUT2D eigenvalue weighted by molar-refractivity contribution is -0.140. The molecule has 1 aliphatic carbocycles. The molecule has 1 saturated heterocycles. The molecule has 89 heavy (non-hydrogen) atoms. The number of amides is 8. The molecule has 22 nitrogen and oxygen atoms in total. The number of aliphatic hydroxyl groups is 1. The highest BCUT2D eigenvalue weighted by Crippen LogP contribution is 2.43. The monoisotopic (exact) mass is 1230 g/mol. The molecule has 0 spiro atoms. The second-order valence-corrected chi connectivity index (χ2v) is 24.6. The van der Waals surface area contributed by atoms with Crippen molar-refractivity contribution in [2.24, 2.45) is 22.7 Å². The fourth-order valence-corrected chi connectivity index (χ4v) is 12.7. The highest BCUT2D eigenvalue weighted by atomic mass is 16.6. The van der Waals surface area contributed by atoms with Gasteiger partial charge in [0.2, 0.25) is 29.5 Å². The number of nitrogens with one attached hydrogen (secondary N) is 3. The van der Waals surface area contributed by atoms with E-state index in [0.717, 1.165) is 48.2 Å². The van der Waals surface area contributed by atoms with Crippen molar-refractivity contribution in [1.29, 1.82) is 0 Å². The van der Waals surface area contributed by atoms with Crippen LogP contribution in [0.5, 0.6) is 23.0 Å². The molecule has 478 valence electrons. The topological polar surface area (TPSA) is 264 Å². The van der Waals surface area contributed by atoms with E-state index in [1.165, 1.54) is 62.3 Å². The zero-order valence-electron chi connectivity index (χ0n) is 52.3. The summed E-state index contributed by atoms with van der Waals surface area (Å²) in [5, 5.41) is 20.3. The summed E-state index contributed by atoms with van der Waals surface area (Å²) in [5.74, 6) is -0.933. The van der Waals surface area contributed by atoms with Gasteiger partial charge in [0.15, 0.2) is 29.2 Å². The SMILES string of the molecule is COc1cc2c(cc1OCCCCCOc1cc3c(cc1OC)C(=O)N1C=C(C)C[C@H]1[C@H](O)N3C(=O)OCc1ccc(NC(=O)[C@H](C)NC(=O)[C@@H](NC(=O)CCCCCN3C(=O)CC(C4CCCCCCC4)C3=O)C(C)C)cc1)N=C[C@@H]1CC(C)=CN1C2=O. The van der Waals surface area contributed by atoms with E-state index in [4.69, 9.17) is 23.7 Å². The maximum Gasteiger partial charge on any atom is 0.416 e. The van der Waals surface area contributed by atoms with Crippen molar-refractivity contribution in [3.8, 4) is 23.0 Å². The molecular weight excluding hydrogens is 1140 g/mol. The molecule has 3 aromatic rings. The minimum atomic E-state index is -1.52. The molecule has 9 rings (SSSR count). The van der Waals surface area contributed by atoms with Gasteiger partial charge < -0.3 is 54.5 Å². The first-order valence-corrected chi connectivity index (χ1v) is 31.6. The number of hydrogen-bond acceptors (Lipinski definition) is 15. The number of unbranched alkanes of at least 4 members (excludes halogenated alkanes) is 4. The summed E-state index contributed by atoms with van der Waals surface area (Å²) < 4.78 is 29.5. The minimum absolute atomic E-state index is 0.0459. The molecule has 6 aliphatic rings. The number of aliphatic hydroxyl groups excluding tert-OH is 1. The second-order valence-electron chi connectivity index (χ2n) is 24.6. The Morgan fingerprint density at radius 1 is 0.697 bits per heavy atom. The van der Waals surface area contributed by atoms with E-state index in [1.54, 1.807) is 67.6 Å². The number of fused-ring (bicyclic) bond motifs is 4. The molecule has 1 unspecified atom stereocenters. The zero-order chi connectivity index (χ0) is 63.5. The lowest BCUT2D eigenvalue weighted by Crippen LogP contribution is -2.53. The third kappa shape index (κ3) is 15.6. The number of anilines is 2. The van der Waals surface area contributed by atoms with Gasteiger partial charge in [0, 0.05) is 55.8 Å². The average molecular weight is 1230 g/mol. The molecule has 4 N–H and O–H groups in total. The number of rotatable bonds is 25. The molecule has 2 fully saturated rings. The minimum Gasteiger partial charge on any atom is -0.493 e. The Morgan fingerprint density at radius 3 is 2.01 bits per heavy atom. The molecule has 5 aliphatic heterocycles. The Labute approximate surface area is 520 Å². The third-order valence-corrected chi connectivity index (χ3v) is 17.6. The van der Waals surface area contributed by atoms with Crippen LogP contribution in [0.1, 0.15) is 170 Å². The van der Waals surface area contributed by atoms with E-state index in [-0.39, 0.29) is 89.8 Å². The van der Waals surface area contributed by atoms with Crippen LogP contribution in [0, 0.1) is 17.8 Å². The number of benzene rings is 3. The summed E-state index contributed by atoms with van der Waals surface area (Å²) in [6.07, 6.45) is 15.9. The van der Waals surface area contributed by atoms with Gasteiger partial charge in [-0.1, -0.05) is 75.7 Å². The molecule has 0 aromatic heterocycles. The van der Waals surface area contributed by atoms with Gasteiger partial charge in [0.1, 0.15) is 18.7 Å². The zero-order valence-corrected chi connectivity index (χ0v) is 52.3. The summed E-state index contributed by atoms with van der Waals surface area (Å²) >= 11 is 0. The molecule has 0 radical (unpaired) electrons. The maximum atomic E-state index is 14.3. The van der Waals surface area contributed by atoms with E-state index in [2.05, 4.69) is 20.9 Å². The van der Waals surface area contributed by atoms with E-state index in [0.29, 0.717) is 98.5 Å². The lowest BCUT2D eigenvalue weighted by atomic mass is 9.81. The Balaban J connectivity index is 0.735. The average Bonchev–Trinajstić information content (AvgIpc) is 1.81. The Morgan fingerprint density at radius 2 is 1.33 bits per heavy atom. The fraction of sp³-hybridized carbons (Fsp3) is 0.537. The number of aliphatic imine (C=N–C) groups is 1. The number of nitrogens with zero attached hydrogens (tertiary/aromatic N) is 5. The number of likely N-dealkylation sites (tertiary alicyclic amines) is 1. The van der Waals surface area contributed by atoms with Gasteiger partial charge >= 0.3 is 6.09 Å². The Hall–Kier alpha value is -8.27. The van der Waals surface area contributed by atoms with Gasteiger partial charge in [0.25, 0.3) is 11.8 Å². The van der Waals surface area contributed by atoms with Crippen molar-refractivity contribution in [2.45, 2.75) is 181 Å². The number of carbonyl (C=O) groups excluding carboxylic acids is 8. The van der Waals surface area contributed by atoms with Crippen LogP contribution in [-0.2, 0) is 35.3 Å². The number of hydrogen-bond donors (Lipinski definition) is 4. The molecule has 6 atom stereocenters. The highest BCUT2D eigenvalue weighted by Gasteiger charge is 2.46. The fourth-order valence-electron chi connectivity index (χ4n) is 12.7. The van der Waals surface area contributed by atoms with Crippen molar-refractivity contribution < 1.29 is 67.1 Å². The predicted octanol–water partition coefficient (Wildman–Crippen LogP) is 9.64. The van der Waals surface area contributed by atoms with E-state index >= 15 is 0 Å². The van der Waals surface area contributed by atoms with Crippen molar-refractivity contribution in [1.82, 2.24) is 25.3 Å². The first-order chi connectivity index (χ1) is 42.8. The third-order valence-electron chi connectivity index (χ3n) is 17.6. The summed E-state index contributed by atoms with van der Waals surface area (Å²) in [6.45, 7) is 9.64. The second kappa shape index (κ2) is 29.8. The first kappa shape index (κ1) is 65.2. The van der Waals surface area contributed by atoms with Gasteiger partial charge in [-0.15, -0.1) is 0 Å². The lowest BCUT2D eigenvalue weighted by Gasteiger charge is -2.31. The van der Waals surface area contributed by atoms with Crippen LogP contribution in [0.15, 0.2) is 77.1 Å². The van der Waals surface area contributed by atoms with Crippen molar-refractivity contribution in [3.63, 3.8) is 0 Å². The normalized spacial score (nSPS) is 20.6. The molecule has 3 aromatic carbocycles. The highest BCUT2D eigenvalue weighted by molar-refractivity contribution is 6.07. The Bertz CT molecular complexity index is 3220. The largest absolute Gasteiger partial charge is 0.493 e. The maximum absolute atomic E-state index is 14.3. The van der Waals surface area contributed by atoms with Gasteiger partial charge in [-0.3, -0.25) is 43.5 Å². The van der Waals surface area contributed by atoms with E-state index in [1.807, 2.05) is 20.0 Å². The number of carbonyl (C=O) groups is 8. The van der Waals surface area contributed by atoms with Crippen LogP contribution in [0.3, 0.4) is 0 Å². The predicted molar refractivity (Wildman–Crippen MR) is 333 cm³/mol. The standard InChI is InChI=1S/C67H86N8O14/c1-40(2)60(71-58(76)21-15-11-16-26-72-59(77)33-48(63(72)80)45-19-13-9-8-10-14-20-45)62(79)69-43(5)61(78)70-46-24-22-44(23-25-46)39-89-67(84)75-52-35-57(55(86-7)32-50(52)65(82)74-38-42(4)30-53(74)66(75)83)88-28-18-12-17-27-87-56-34-51-49(31-54(56)85-6)64(81)73-37-41(3)29-47(73)36-68-51/h22-25,31-32,34-38,40,43,45,47-48,53,60,66,83H,8-21,26-30,33,39H2,1-7H3,(H,69,79)(H,70,78)(H,71,76)/t43-,47-,48?,53-,60-,66-/m0/s1. The summed E-state index contributed by atoms with van der Waals surface area (Å²) in [4.78, 5) is 118. The van der Waals surface area contributed by atoms with Crippen LogP contribution < -0.4 is 39.8 Å². The van der Waals surface area contributed by atoms with Crippen LogP contribution in [0.25, 0.3) is 0 Å². The van der Waals surface area contributed by atoms with Crippen molar-refractivity contribution >= 4 is 70.7 Å². The summed E-state index contributed by atoms with van der Waals surface area (Å²) in [5.41, 5.74) is 3.98. The van der Waals surface area contributed by atoms with E-state index in [9.17, 15) is 43.5 Å². The van der Waals surface area contributed by atoms with Gasteiger partial charge in [-0.25, -0.2) is 9.69 Å². The van der Waals surface area contributed by atoms with Crippen LogP contribution in [0.2, 0.25) is 0 Å². The molecule has 22 heteroatoms. The van der Waals surface area contributed by atoms with Crippen molar-refractivity contribution in [2.75, 3.05) is 44.2 Å². The number of ether oxygens (including phenoxy) is 5.